The molecule has 2 amide bonds. The molecule has 4 rings (SSSR count). The Kier molecular flexibility index (Phi) is 8.21. The Morgan fingerprint density at radius 1 is 1.05 bits per heavy atom. The first kappa shape index (κ1) is 27.8. The third-order valence-electron chi connectivity index (χ3n) is 6.10. The molecule has 3 aromatic rings. The molecule has 0 spiro atoms. The van der Waals surface area contributed by atoms with E-state index in [9.17, 15) is 27.9 Å². The van der Waals surface area contributed by atoms with E-state index in [0.717, 1.165) is 34.8 Å². The Morgan fingerprint density at radius 3 is 2.24 bits per heavy atom. The minimum atomic E-state index is -4.45. The van der Waals surface area contributed by atoms with E-state index in [0.29, 0.717) is 39.7 Å². The van der Waals surface area contributed by atoms with Gasteiger partial charge in [0.15, 0.2) is 0 Å². The van der Waals surface area contributed by atoms with E-state index in [1.807, 2.05) is 0 Å². The van der Waals surface area contributed by atoms with Crippen LogP contribution in [-0.4, -0.2) is 67.0 Å². The van der Waals surface area contributed by atoms with Crippen molar-refractivity contribution in [2.24, 2.45) is 5.10 Å². The molecule has 1 aliphatic heterocycles. The normalized spacial score (nSPS) is 18.2. The first-order chi connectivity index (χ1) is 18.0. The molecule has 1 fully saturated rings. The van der Waals surface area contributed by atoms with Gasteiger partial charge in [0.25, 0.3) is 11.8 Å². The summed E-state index contributed by atoms with van der Waals surface area (Å²) in [5.41, 5.74) is 2.69. The smallest absolute Gasteiger partial charge is 0.416 e. The van der Waals surface area contributed by atoms with Crippen molar-refractivity contribution in [3.8, 4) is 16.2 Å². The van der Waals surface area contributed by atoms with E-state index in [4.69, 9.17) is 9.47 Å². The highest BCUT2D eigenvalue weighted by Gasteiger charge is 2.36. The predicted octanol–water partition coefficient (Wildman–Crippen LogP) is 4.84. The molecule has 2 N–H and O–H groups in total. The SMILES string of the molecule is COC1CN(C(=O)c2ccc(C(=O)NN=C(C)c3csc(-c4ccc(C(F)(F)F)cc4)c3O)s2)CC1OC. The van der Waals surface area contributed by atoms with Crippen molar-refractivity contribution in [2.45, 2.75) is 25.3 Å². The summed E-state index contributed by atoms with van der Waals surface area (Å²) in [6.45, 7) is 2.35. The lowest BCUT2D eigenvalue weighted by atomic mass is 10.1. The van der Waals surface area contributed by atoms with Crippen LogP contribution in [0.4, 0.5) is 13.2 Å². The number of carbonyl (C=O) groups is 2. The number of amides is 2. The number of thiophene rings is 2. The highest BCUT2D eigenvalue weighted by atomic mass is 32.1. The second-order valence-corrected chi connectivity index (χ2v) is 10.4. The first-order valence-corrected chi connectivity index (χ1v) is 13.0. The van der Waals surface area contributed by atoms with E-state index in [-0.39, 0.29) is 28.7 Å². The van der Waals surface area contributed by atoms with E-state index in [1.54, 1.807) is 37.5 Å². The number of hydrogen-bond donors (Lipinski definition) is 2. The zero-order valence-electron chi connectivity index (χ0n) is 20.5. The molecular formula is C25H24F3N3O5S2. The number of likely N-dealkylation sites (tertiary alicyclic amines) is 1. The summed E-state index contributed by atoms with van der Waals surface area (Å²) in [6.07, 6.45) is -4.90. The van der Waals surface area contributed by atoms with E-state index < -0.39 is 17.6 Å². The molecule has 0 radical (unpaired) electrons. The molecule has 1 aliphatic rings. The van der Waals surface area contributed by atoms with Gasteiger partial charge in [-0.25, -0.2) is 5.43 Å². The van der Waals surface area contributed by atoms with Crippen molar-refractivity contribution in [1.29, 1.82) is 0 Å². The van der Waals surface area contributed by atoms with Crippen molar-refractivity contribution < 1.29 is 37.3 Å². The van der Waals surface area contributed by atoms with Crippen LogP contribution in [0.3, 0.4) is 0 Å². The minimum Gasteiger partial charge on any atom is -0.506 e. The molecule has 8 nitrogen and oxygen atoms in total. The molecule has 1 aromatic carbocycles. The van der Waals surface area contributed by atoms with Crippen LogP contribution < -0.4 is 5.43 Å². The Labute approximate surface area is 224 Å². The fourth-order valence-electron chi connectivity index (χ4n) is 3.97. The lowest BCUT2D eigenvalue weighted by molar-refractivity contribution is -0.137. The zero-order chi connectivity index (χ0) is 27.6. The number of carbonyl (C=O) groups excluding carboxylic acids is 2. The van der Waals surface area contributed by atoms with Crippen LogP contribution in [0.1, 0.15) is 37.4 Å². The van der Waals surface area contributed by atoms with Gasteiger partial charge in [0, 0.05) is 32.7 Å². The molecule has 13 heteroatoms. The summed E-state index contributed by atoms with van der Waals surface area (Å²) in [5.74, 6) is -0.907. The van der Waals surface area contributed by atoms with Crippen LogP contribution in [0, 0.1) is 0 Å². The number of benzene rings is 1. The van der Waals surface area contributed by atoms with E-state index in [2.05, 4.69) is 10.5 Å². The summed E-state index contributed by atoms with van der Waals surface area (Å²) in [5, 5.41) is 16.3. The quantitative estimate of drug-likeness (QED) is 0.314. The second kappa shape index (κ2) is 11.2. The first-order valence-electron chi connectivity index (χ1n) is 11.3. The average molecular weight is 568 g/mol. The highest BCUT2D eigenvalue weighted by Crippen LogP contribution is 2.40. The van der Waals surface area contributed by atoms with Crippen LogP contribution in [0.2, 0.25) is 0 Å². The fourth-order valence-corrected chi connectivity index (χ4v) is 5.84. The van der Waals surface area contributed by atoms with Crippen LogP contribution in [-0.2, 0) is 15.7 Å². The van der Waals surface area contributed by atoms with Crippen LogP contribution >= 0.6 is 22.7 Å². The third kappa shape index (κ3) is 5.75. The molecule has 2 unspecified atom stereocenters. The largest absolute Gasteiger partial charge is 0.506 e. The minimum absolute atomic E-state index is 0.149. The summed E-state index contributed by atoms with van der Waals surface area (Å²) in [7, 11) is 3.12. The van der Waals surface area contributed by atoms with Gasteiger partial charge in [-0.2, -0.15) is 18.3 Å². The summed E-state index contributed by atoms with van der Waals surface area (Å²) >= 11 is 2.17. The van der Waals surface area contributed by atoms with Gasteiger partial charge in [-0.05, 0) is 36.8 Å². The van der Waals surface area contributed by atoms with Gasteiger partial charge in [-0.15, -0.1) is 22.7 Å². The van der Waals surface area contributed by atoms with Gasteiger partial charge >= 0.3 is 6.18 Å². The predicted molar refractivity (Wildman–Crippen MR) is 138 cm³/mol. The van der Waals surface area contributed by atoms with Crippen molar-refractivity contribution >= 4 is 40.2 Å². The average Bonchev–Trinajstić information content (AvgIpc) is 3.64. The van der Waals surface area contributed by atoms with Gasteiger partial charge in [0.1, 0.15) is 18.0 Å². The molecule has 0 bridgehead atoms. The number of alkyl halides is 3. The molecule has 3 heterocycles. The number of ether oxygens (including phenoxy) is 2. The van der Waals surface area contributed by atoms with Gasteiger partial charge in [0.05, 0.1) is 31.5 Å². The maximum absolute atomic E-state index is 12.9. The highest BCUT2D eigenvalue weighted by molar-refractivity contribution is 7.16. The van der Waals surface area contributed by atoms with E-state index in [1.165, 1.54) is 18.2 Å². The Hall–Kier alpha value is -3.26. The Morgan fingerprint density at radius 2 is 1.66 bits per heavy atom. The number of methoxy groups -OCH3 is 2. The van der Waals surface area contributed by atoms with Crippen LogP contribution in [0.25, 0.3) is 10.4 Å². The summed E-state index contributed by atoms with van der Waals surface area (Å²) < 4.78 is 49.2. The number of nitrogens with zero attached hydrogens (tertiary/aromatic N) is 2. The maximum atomic E-state index is 12.9. The van der Waals surface area contributed by atoms with Crippen LogP contribution in [0.15, 0.2) is 46.9 Å². The Bertz CT molecular complexity index is 1340. The van der Waals surface area contributed by atoms with Gasteiger partial charge in [-0.1, -0.05) is 12.1 Å². The number of rotatable bonds is 7. The summed E-state index contributed by atoms with van der Waals surface area (Å²) in [4.78, 5) is 28.2. The molecular weight excluding hydrogens is 543 g/mol. The Balaban J connectivity index is 1.42. The molecule has 2 aromatic heterocycles. The molecule has 1 saturated heterocycles. The van der Waals surface area contributed by atoms with Gasteiger partial charge in [-0.3, -0.25) is 9.59 Å². The number of hydrazone groups is 1. The zero-order valence-corrected chi connectivity index (χ0v) is 22.2. The lowest BCUT2D eigenvalue weighted by Gasteiger charge is -2.14. The second-order valence-electron chi connectivity index (χ2n) is 8.46. The maximum Gasteiger partial charge on any atom is 0.416 e. The molecule has 2 atom stereocenters. The van der Waals surface area contributed by atoms with Gasteiger partial charge < -0.3 is 19.5 Å². The lowest BCUT2D eigenvalue weighted by Crippen LogP contribution is -2.29. The van der Waals surface area contributed by atoms with Crippen molar-refractivity contribution in [3.05, 3.63) is 62.7 Å². The van der Waals surface area contributed by atoms with Crippen molar-refractivity contribution in [1.82, 2.24) is 10.3 Å². The van der Waals surface area contributed by atoms with E-state index >= 15 is 0 Å². The topological polar surface area (TPSA) is 100 Å². The molecule has 38 heavy (non-hydrogen) atoms. The molecule has 0 saturated carbocycles. The summed E-state index contributed by atoms with van der Waals surface area (Å²) in [6, 6.07) is 7.57. The number of nitrogens with one attached hydrogen (secondary N) is 1. The molecule has 0 aliphatic carbocycles. The fraction of sp³-hybridized carbons (Fsp3) is 0.320. The number of aromatic hydroxyl groups is 1. The monoisotopic (exact) mass is 567 g/mol. The van der Waals surface area contributed by atoms with Gasteiger partial charge in [0.2, 0.25) is 0 Å². The standard InChI is InChI=1S/C25H24F3N3O5S2/c1-13(16-12-37-22(21(16)32)14-4-6-15(7-5-14)25(26,27)28)29-30-23(33)19-8-9-20(38-19)24(34)31-10-17(35-2)18(11-31)36-3/h4-9,12,17-18,32H,10-11H2,1-3H3,(H,30,33). The molecule has 202 valence electrons. The number of halogens is 3. The van der Waals surface area contributed by atoms with Crippen molar-refractivity contribution in [3.63, 3.8) is 0 Å². The van der Waals surface area contributed by atoms with Crippen LogP contribution in [0.5, 0.6) is 5.75 Å². The number of hydrogen-bond acceptors (Lipinski definition) is 8. The van der Waals surface area contributed by atoms with Crippen molar-refractivity contribution in [2.75, 3.05) is 27.3 Å². The third-order valence-corrected chi connectivity index (χ3v) is 8.19.